The maximum absolute atomic E-state index is 12.8. The Morgan fingerprint density at radius 1 is 1.29 bits per heavy atom. The predicted molar refractivity (Wildman–Crippen MR) is 115 cm³/mol. The van der Waals surface area contributed by atoms with Crippen molar-refractivity contribution in [3.63, 3.8) is 0 Å². The molecule has 1 atom stereocenters. The van der Waals surface area contributed by atoms with Crippen molar-refractivity contribution in [1.29, 1.82) is 0 Å². The fourth-order valence-corrected chi connectivity index (χ4v) is 4.80. The number of pyridine rings is 1. The second-order valence-electron chi connectivity index (χ2n) is 7.62. The largest absolute Gasteiger partial charge is 0.492 e. The van der Waals surface area contributed by atoms with E-state index in [0.29, 0.717) is 51.4 Å². The average Bonchev–Trinajstić information content (AvgIpc) is 3.44. The number of thiophene rings is 1. The highest BCUT2D eigenvalue weighted by molar-refractivity contribution is 7.07. The summed E-state index contributed by atoms with van der Waals surface area (Å²) in [6.45, 7) is 2.05. The van der Waals surface area contributed by atoms with Gasteiger partial charge in [-0.1, -0.05) is 0 Å². The van der Waals surface area contributed by atoms with Crippen LogP contribution in [0.2, 0.25) is 0 Å². The van der Waals surface area contributed by atoms with E-state index in [9.17, 15) is 14.4 Å². The first-order valence-corrected chi connectivity index (χ1v) is 11.4. The number of carbonyl (C=O) groups excluding carboxylic acids is 2. The molecule has 4 heterocycles. The highest BCUT2D eigenvalue weighted by Gasteiger charge is 2.31. The van der Waals surface area contributed by atoms with Gasteiger partial charge in [0.15, 0.2) is 0 Å². The zero-order chi connectivity index (χ0) is 21.8. The summed E-state index contributed by atoms with van der Waals surface area (Å²) < 4.78 is 18.0. The van der Waals surface area contributed by atoms with E-state index in [1.54, 1.807) is 20.8 Å². The Morgan fingerprint density at radius 3 is 2.87 bits per heavy atom. The van der Waals surface area contributed by atoms with E-state index in [1.807, 2.05) is 16.8 Å². The number of methoxy groups -OCH3 is 1. The van der Waals surface area contributed by atoms with Crippen molar-refractivity contribution in [2.24, 2.45) is 0 Å². The lowest BCUT2D eigenvalue weighted by molar-refractivity contribution is -0.140. The minimum atomic E-state index is -0.548. The smallest absolute Gasteiger partial charge is 0.343 e. The van der Waals surface area contributed by atoms with Crippen LogP contribution in [-0.2, 0) is 33.7 Å². The van der Waals surface area contributed by atoms with Gasteiger partial charge in [0.25, 0.3) is 11.5 Å². The quantitative estimate of drug-likeness (QED) is 0.630. The lowest BCUT2D eigenvalue weighted by Gasteiger charge is -2.23. The van der Waals surface area contributed by atoms with Gasteiger partial charge in [-0.3, -0.25) is 9.59 Å². The minimum Gasteiger partial charge on any atom is -0.492 e. The molecule has 4 rings (SSSR count). The van der Waals surface area contributed by atoms with Crippen molar-refractivity contribution in [2.75, 3.05) is 33.4 Å². The number of hydrogen-bond donors (Lipinski definition) is 0. The van der Waals surface area contributed by atoms with Crippen molar-refractivity contribution >= 4 is 23.2 Å². The van der Waals surface area contributed by atoms with Crippen molar-refractivity contribution < 1.29 is 23.8 Å². The Bertz CT molecular complexity index is 994. The fraction of sp³-hybridized carbons (Fsp3) is 0.500. The monoisotopic (exact) mass is 446 g/mol. The number of ether oxygens (including phenoxy) is 3. The van der Waals surface area contributed by atoms with Crippen molar-refractivity contribution in [2.45, 2.75) is 38.3 Å². The molecule has 0 radical (unpaired) electrons. The van der Waals surface area contributed by atoms with Gasteiger partial charge in [0.2, 0.25) is 0 Å². The zero-order valence-electron chi connectivity index (χ0n) is 17.5. The summed E-state index contributed by atoms with van der Waals surface area (Å²) in [5, 5.41) is 4.03. The number of amides is 1. The summed E-state index contributed by atoms with van der Waals surface area (Å²) in [4.78, 5) is 40.0. The zero-order valence-corrected chi connectivity index (χ0v) is 18.3. The molecule has 2 aromatic rings. The lowest BCUT2D eigenvalue weighted by Crippen LogP contribution is -2.40. The number of aromatic nitrogens is 1. The van der Waals surface area contributed by atoms with Crippen molar-refractivity contribution in [1.82, 2.24) is 9.47 Å². The van der Waals surface area contributed by atoms with E-state index in [2.05, 4.69) is 0 Å². The Labute approximate surface area is 184 Å². The number of rotatable bonds is 6. The van der Waals surface area contributed by atoms with Gasteiger partial charge in [-0.15, -0.1) is 0 Å². The van der Waals surface area contributed by atoms with Gasteiger partial charge in [0.05, 0.1) is 13.7 Å². The first-order chi connectivity index (χ1) is 15.1. The topological polar surface area (TPSA) is 87.1 Å². The summed E-state index contributed by atoms with van der Waals surface area (Å²) in [7, 11) is 1.31. The van der Waals surface area contributed by atoms with Crippen molar-refractivity contribution in [3.8, 4) is 5.75 Å². The van der Waals surface area contributed by atoms with E-state index < -0.39 is 12.1 Å². The molecule has 2 aliphatic rings. The molecule has 0 aromatic carbocycles. The van der Waals surface area contributed by atoms with Crippen LogP contribution in [0.5, 0.6) is 5.75 Å². The summed E-state index contributed by atoms with van der Waals surface area (Å²) >= 11 is 1.61. The van der Waals surface area contributed by atoms with Crippen LogP contribution < -0.4 is 10.3 Å². The molecule has 9 heteroatoms. The number of fused-ring (bicyclic) bond motifs is 1. The molecule has 0 bridgehead atoms. The number of hydrogen-bond acceptors (Lipinski definition) is 7. The molecule has 1 fully saturated rings. The van der Waals surface area contributed by atoms with Crippen LogP contribution in [0.1, 0.15) is 34.5 Å². The summed E-state index contributed by atoms with van der Waals surface area (Å²) in [6.07, 6.45) is 2.22. The Balaban J connectivity index is 1.57. The molecule has 0 aliphatic carbocycles. The van der Waals surface area contributed by atoms with Crippen molar-refractivity contribution in [3.05, 3.63) is 50.1 Å². The maximum atomic E-state index is 12.8. The first kappa shape index (κ1) is 21.6. The molecule has 0 saturated carbocycles. The molecule has 8 nitrogen and oxygen atoms in total. The first-order valence-electron chi connectivity index (χ1n) is 10.5. The molecule has 166 valence electrons. The second kappa shape index (κ2) is 9.65. The fourth-order valence-electron chi connectivity index (χ4n) is 4.10. The van der Waals surface area contributed by atoms with Gasteiger partial charge < -0.3 is 23.7 Å². The molecule has 1 saturated heterocycles. The molecule has 0 spiro atoms. The van der Waals surface area contributed by atoms with E-state index >= 15 is 0 Å². The van der Waals surface area contributed by atoms with Crippen LogP contribution >= 0.6 is 11.3 Å². The van der Waals surface area contributed by atoms with Crippen LogP contribution in [0.15, 0.2) is 27.7 Å². The lowest BCUT2D eigenvalue weighted by atomic mass is 10.1. The number of carbonyl (C=O) groups is 2. The van der Waals surface area contributed by atoms with Gasteiger partial charge in [-0.25, -0.2) is 4.79 Å². The highest BCUT2D eigenvalue weighted by Crippen LogP contribution is 2.25. The van der Waals surface area contributed by atoms with E-state index in [-0.39, 0.29) is 22.8 Å². The third-order valence-electron chi connectivity index (χ3n) is 5.73. The normalized spacial score (nSPS) is 18.4. The molecule has 0 unspecified atom stereocenters. The van der Waals surface area contributed by atoms with Gasteiger partial charge in [-0.05, 0) is 35.2 Å². The molecular weight excluding hydrogens is 420 g/mol. The SMILES string of the molecule is COC(=O)c1c(OCCc2ccsc2)cc(=O)n2c1CCN(C(=O)[C@@H]1CCCO1)CC2. The Hall–Kier alpha value is -2.65. The minimum absolute atomic E-state index is 0.0507. The molecule has 1 amide bonds. The third-order valence-corrected chi connectivity index (χ3v) is 6.46. The van der Waals surface area contributed by atoms with E-state index in [1.165, 1.54) is 13.2 Å². The maximum Gasteiger partial charge on any atom is 0.343 e. The van der Waals surface area contributed by atoms with E-state index in [4.69, 9.17) is 14.2 Å². The molecule has 2 aliphatic heterocycles. The second-order valence-corrected chi connectivity index (χ2v) is 8.40. The molecule has 0 N–H and O–H groups in total. The molecular formula is C22H26N2O6S. The van der Waals surface area contributed by atoms with Crippen LogP contribution in [0.3, 0.4) is 0 Å². The van der Waals surface area contributed by atoms with Crippen LogP contribution in [0.25, 0.3) is 0 Å². The summed E-state index contributed by atoms with van der Waals surface area (Å²) in [5.74, 6) is -0.365. The Morgan fingerprint density at radius 2 is 2.16 bits per heavy atom. The average molecular weight is 447 g/mol. The van der Waals surface area contributed by atoms with Crippen LogP contribution in [-0.4, -0.2) is 60.9 Å². The predicted octanol–water partition coefficient (Wildman–Crippen LogP) is 1.88. The molecule has 2 aromatic heterocycles. The number of nitrogens with zero attached hydrogens (tertiary/aromatic N) is 2. The van der Waals surface area contributed by atoms with Gasteiger partial charge in [0, 0.05) is 50.8 Å². The number of esters is 1. The third kappa shape index (κ3) is 4.67. The standard InChI is InChI=1S/C22H26N2O6S/c1-28-22(27)20-16-4-7-23(21(26)17-3-2-10-29-17)8-9-24(16)19(25)13-18(20)30-11-5-15-6-12-31-14-15/h6,12-14,17H,2-5,7-11H2,1H3/t17-/m0/s1. The highest BCUT2D eigenvalue weighted by atomic mass is 32.1. The van der Waals surface area contributed by atoms with Crippen LogP contribution in [0, 0.1) is 0 Å². The van der Waals surface area contributed by atoms with Gasteiger partial charge in [-0.2, -0.15) is 11.3 Å². The summed E-state index contributed by atoms with van der Waals surface area (Å²) in [5.41, 5.74) is 1.70. The van der Waals surface area contributed by atoms with Gasteiger partial charge in [0.1, 0.15) is 17.4 Å². The Kier molecular flexibility index (Phi) is 6.72. The van der Waals surface area contributed by atoms with E-state index in [0.717, 1.165) is 18.4 Å². The summed E-state index contributed by atoms with van der Waals surface area (Å²) in [6, 6.07) is 3.36. The molecule has 31 heavy (non-hydrogen) atoms. The van der Waals surface area contributed by atoms with Crippen LogP contribution in [0.4, 0.5) is 0 Å². The van der Waals surface area contributed by atoms with Gasteiger partial charge >= 0.3 is 5.97 Å².